The van der Waals surface area contributed by atoms with Crippen molar-refractivity contribution in [3.63, 3.8) is 0 Å². The molecule has 1 atom stereocenters. The molecule has 0 aliphatic heterocycles. The number of esters is 1. The Morgan fingerprint density at radius 1 is 1.40 bits per heavy atom. The molecule has 106 valence electrons. The first-order valence-corrected chi connectivity index (χ1v) is 7.16. The highest BCUT2D eigenvalue weighted by Gasteiger charge is 2.20. The predicted octanol–water partition coefficient (Wildman–Crippen LogP) is 3.31. The number of nitrogen functional groups attached to an aromatic ring is 1. The van der Waals surface area contributed by atoms with Crippen LogP contribution in [0.25, 0.3) is 0 Å². The van der Waals surface area contributed by atoms with Gasteiger partial charge in [0, 0.05) is 17.6 Å². The molecule has 0 aliphatic carbocycles. The molecule has 0 amide bonds. The molecule has 0 bridgehead atoms. The van der Waals surface area contributed by atoms with Gasteiger partial charge >= 0.3 is 5.97 Å². The second-order valence-corrected chi connectivity index (χ2v) is 5.55. The molecule has 0 fully saturated rings. The number of carbonyl (C=O) groups is 1. The predicted molar refractivity (Wildman–Crippen MR) is 83.3 cm³/mol. The van der Waals surface area contributed by atoms with Crippen molar-refractivity contribution in [2.24, 2.45) is 0 Å². The van der Waals surface area contributed by atoms with Crippen molar-refractivity contribution >= 4 is 28.7 Å². The second kappa shape index (κ2) is 5.96. The molecule has 5 heteroatoms. The molecule has 0 aliphatic rings. The van der Waals surface area contributed by atoms with E-state index in [1.807, 2.05) is 24.6 Å². The fourth-order valence-corrected chi connectivity index (χ4v) is 2.89. The van der Waals surface area contributed by atoms with Crippen LogP contribution >= 0.6 is 11.3 Å². The third kappa shape index (κ3) is 2.77. The van der Waals surface area contributed by atoms with Crippen LogP contribution in [0.2, 0.25) is 0 Å². The van der Waals surface area contributed by atoms with Crippen LogP contribution in [0.3, 0.4) is 0 Å². The monoisotopic (exact) mass is 290 g/mol. The Balaban J connectivity index is 2.39. The van der Waals surface area contributed by atoms with Crippen molar-refractivity contribution < 1.29 is 9.53 Å². The van der Waals surface area contributed by atoms with Crippen LogP contribution in [-0.2, 0) is 4.74 Å². The minimum Gasteiger partial charge on any atom is -0.465 e. The standard InChI is InChI=1S/C15H18N2O2S/c1-10(14-5-4-8-20-14)17(2)13-7-6-11(16)9-12(13)15(18)19-3/h4-10H,16H2,1-3H3. The molecule has 0 saturated carbocycles. The molecular weight excluding hydrogens is 272 g/mol. The number of nitrogens with two attached hydrogens (primary N) is 1. The van der Waals surface area contributed by atoms with Crippen molar-refractivity contribution in [3.8, 4) is 0 Å². The highest BCUT2D eigenvalue weighted by atomic mass is 32.1. The molecule has 0 spiro atoms. The minimum atomic E-state index is -0.377. The lowest BCUT2D eigenvalue weighted by Crippen LogP contribution is -2.23. The Bertz CT molecular complexity index is 596. The van der Waals surface area contributed by atoms with Gasteiger partial charge in [0.05, 0.1) is 24.4 Å². The lowest BCUT2D eigenvalue weighted by atomic mass is 10.1. The van der Waals surface area contributed by atoms with Gasteiger partial charge in [-0.2, -0.15) is 0 Å². The summed E-state index contributed by atoms with van der Waals surface area (Å²) in [5.41, 5.74) is 7.61. The van der Waals surface area contributed by atoms with E-state index >= 15 is 0 Å². The molecule has 0 radical (unpaired) electrons. The lowest BCUT2D eigenvalue weighted by molar-refractivity contribution is 0.0601. The smallest absolute Gasteiger partial charge is 0.340 e. The van der Waals surface area contributed by atoms with Gasteiger partial charge in [-0.3, -0.25) is 0 Å². The normalized spacial score (nSPS) is 11.9. The Labute approximate surface area is 122 Å². The molecule has 2 aromatic rings. The topological polar surface area (TPSA) is 55.6 Å². The maximum Gasteiger partial charge on any atom is 0.340 e. The van der Waals surface area contributed by atoms with Crippen LogP contribution < -0.4 is 10.6 Å². The van der Waals surface area contributed by atoms with E-state index in [2.05, 4.69) is 17.9 Å². The van der Waals surface area contributed by atoms with Gasteiger partial charge in [-0.1, -0.05) is 6.07 Å². The summed E-state index contributed by atoms with van der Waals surface area (Å²) < 4.78 is 4.83. The van der Waals surface area contributed by atoms with Crippen molar-refractivity contribution in [1.82, 2.24) is 0 Å². The molecule has 4 nitrogen and oxygen atoms in total. The zero-order chi connectivity index (χ0) is 14.7. The summed E-state index contributed by atoms with van der Waals surface area (Å²) in [6.45, 7) is 2.10. The van der Waals surface area contributed by atoms with Crippen molar-refractivity contribution in [3.05, 3.63) is 46.2 Å². The summed E-state index contributed by atoms with van der Waals surface area (Å²) in [5, 5.41) is 2.05. The largest absolute Gasteiger partial charge is 0.465 e. The fourth-order valence-electron chi connectivity index (χ4n) is 2.06. The van der Waals surface area contributed by atoms with Crippen LogP contribution in [0.5, 0.6) is 0 Å². The number of rotatable bonds is 4. The zero-order valence-electron chi connectivity index (χ0n) is 11.8. The first kappa shape index (κ1) is 14.4. The molecule has 1 aromatic heterocycles. The van der Waals surface area contributed by atoms with E-state index in [1.165, 1.54) is 12.0 Å². The maximum absolute atomic E-state index is 11.9. The lowest BCUT2D eigenvalue weighted by Gasteiger charge is -2.28. The Kier molecular flexibility index (Phi) is 4.29. The number of carbonyl (C=O) groups excluding carboxylic acids is 1. The van der Waals surface area contributed by atoms with Gasteiger partial charge in [0.2, 0.25) is 0 Å². The number of nitrogens with zero attached hydrogens (tertiary/aromatic N) is 1. The van der Waals surface area contributed by atoms with E-state index in [0.717, 1.165) is 5.69 Å². The van der Waals surface area contributed by atoms with Crippen molar-refractivity contribution in [2.75, 3.05) is 24.8 Å². The van der Waals surface area contributed by atoms with Gasteiger partial charge in [-0.25, -0.2) is 4.79 Å². The first-order chi connectivity index (χ1) is 9.54. The molecule has 1 aromatic carbocycles. The molecule has 0 saturated heterocycles. The average molecular weight is 290 g/mol. The van der Waals surface area contributed by atoms with Gasteiger partial charge in [-0.15, -0.1) is 11.3 Å². The van der Waals surface area contributed by atoms with Crippen LogP contribution in [0.4, 0.5) is 11.4 Å². The molecule has 2 N–H and O–H groups in total. The highest BCUT2D eigenvalue weighted by molar-refractivity contribution is 7.10. The Morgan fingerprint density at radius 3 is 2.75 bits per heavy atom. The molecule has 1 heterocycles. The van der Waals surface area contributed by atoms with Gasteiger partial charge in [0.25, 0.3) is 0 Å². The number of hydrogen-bond acceptors (Lipinski definition) is 5. The van der Waals surface area contributed by atoms with Gasteiger partial charge < -0.3 is 15.4 Å². The van der Waals surface area contributed by atoms with Crippen LogP contribution in [0, 0.1) is 0 Å². The summed E-state index contributed by atoms with van der Waals surface area (Å²) in [4.78, 5) is 15.2. The van der Waals surface area contributed by atoms with Gasteiger partial charge in [0.15, 0.2) is 0 Å². The Hall–Kier alpha value is -2.01. The van der Waals surface area contributed by atoms with E-state index in [4.69, 9.17) is 10.5 Å². The SMILES string of the molecule is COC(=O)c1cc(N)ccc1N(C)C(C)c1cccs1. The number of benzene rings is 1. The maximum atomic E-state index is 11.9. The number of ether oxygens (including phenoxy) is 1. The van der Waals surface area contributed by atoms with Crippen molar-refractivity contribution in [2.45, 2.75) is 13.0 Å². The van der Waals surface area contributed by atoms with E-state index in [9.17, 15) is 4.79 Å². The third-order valence-corrected chi connectivity index (χ3v) is 4.38. The van der Waals surface area contributed by atoms with E-state index < -0.39 is 0 Å². The van der Waals surface area contributed by atoms with E-state index in [1.54, 1.807) is 23.5 Å². The average Bonchev–Trinajstić information content (AvgIpc) is 2.99. The van der Waals surface area contributed by atoms with Crippen LogP contribution in [0.15, 0.2) is 35.7 Å². The number of thiophene rings is 1. The Morgan fingerprint density at radius 2 is 2.15 bits per heavy atom. The van der Waals surface area contributed by atoms with Gasteiger partial charge in [0.1, 0.15) is 0 Å². The number of methoxy groups -OCH3 is 1. The zero-order valence-corrected chi connectivity index (χ0v) is 12.6. The highest BCUT2D eigenvalue weighted by Crippen LogP contribution is 2.31. The summed E-state index contributed by atoms with van der Waals surface area (Å²) in [7, 11) is 3.33. The third-order valence-electron chi connectivity index (χ3n) is 3.34. The van der Waals surface area contributed by atoms with Crippen LogP contribution in [-0.4, -0.2) is 20.1 Å². The summed E-state index contributed by atoms with van der Waals surface area (Å²) in [6, 6.07) is 9.57. The van der Waals surface area contributed by atoms with Crippen LogP contribution in [0.1, 0.15) is 28.2 Å². The number of anilines is 2. The minimum absolute atomic E-state index is 0.169. The summed E-state index contributed by atoms with van der Waals surface area (Å²) in [6.07, 6.45) is 0. The number of hydrogen-bond donors (Lipinski definition) is 1. The van der Waals surface area contributed by atoms with Gasteiger partial charge in [-0.05, 0) is 36.6 Å². The summed E-state index contributed by atoms with van der Waals surface area (Å²) >= 11 is 1.69. The fraction of sp³-hybridized carbons (Fsp3) is 0.267. The molecule has 1 unspecified atom stereocenters. The second-order valence-electron chi connectivity index (χ2n) is 4.57. The molecular formula is C15H18N2O2S. The molecule has 2 rings (SSSR count). The summed E-state index contributed by atoms with van der Waals surface area (Å²) in [5.74, 6) is -0.377. The molecule has 20 heavy (non-hydrogen) atoms. The van der Waals surface area contributed by atoms with Crippen molar-refractivity contribution in [1.29, 1.82) is 0 Å². The van der Waals surface area contributed by atoms with E-state index in [-0.39, 0.29) is 12.0 Å². The first-order valence-electron chi connectivity index (χ1n) is 6.28. The quantitative estimate of drug-likeness (QED) is 0.693. The van der Waals surface area contributed by atoms with E-state index in [0.29, 0.717) is 11.3 Å².